The van der Waals surface area contributed by atoms with Gasteiger partial charge < -0.3 is 15.5 Å². The third-order valence-corrected chi connectivity index (χ3v) is 6.16. The molecule has 2 aliphatic rings. The van der Waals surface area contributed by atoms with Crippen molar-refractivity contribution in [3.63, 3.8) is 0 Å². The highest BCUT2D eigenvalue weighted by Gasteiger charge is 2.23. The topological polar surface area (TPSA) is 39.7 Å². The van der Waals surface area contributed by atoms with Crippen LogP contribution < -0.4 is 15.5 Å². The highest BCUT2D eigenvalue weighted by atomic mass is 127. The van der Waals surface area contributed by atoms with E-state index in [0.717, 1.165) is 37.3 Å². The molecule has 1 aromatic carbocycles. The van der Waals surface area contributed by atoms with Crippen molar-refractivity contribution in [2.24, 2.45) is 4.99 Å². The van der Waals surface area contributed by atoms with Gasteiger partial charge in [-0.3, -0.25) is 4.99 Å². The summed E-state index contributed by atoms with van der Waals surface area (Å²) in [6.45, 7) is 5.33. The number of thioether (sulfide) groups is 1. The highest BCUT2D eigenvalue weighted by molar-refractivity contribution is 14.0. The number of rotatable bonds is 5. The van der Waals surface area contributed by atoms with Crippen LogP contribution in [0.3, 0.4) is 0 Å². The lowest BCUT2D eigenvalue weighted by Gasteiger charge is -2.28. The van der Waals surface area contributed by atoms with Crippen molar-refractivity contribution in [1.82, 2.24) is 10.6 Å². The Morgan fingerprint density at radius 2 is 2.21 bits per heavy atom. The van der Waals surface area contributed by atoms with Crippen molar-refractivity contribution in [1.29, 1.82) is 0 Å². The Bertz CT molecular complexity index is 546. The summed E-state index contributed by atoms with van der Waals surface area (Å²) in [5.41, 5.74) is 2.87. The van der Waals surface area contributed by atoms with Crippen LogP contribution in [0.1, 0.15) is 25.3 Å². The molecule has 0 saturated carbocycles. The number of halogens is 1. The van der Waals surface area contributed by atoms with Gasteiger partial charge in [0.2, 0.25) is 0 Å². The second-order valence-electron chi connectivity index (χ2n) is 6.39. The van der Waals surface area contributed by atoms with Crippen LogP contribution in [0.15, 0.2) is 29.3 Å². The molecule has 4 nitrogen and oxygen atoms in total. The largest absolute Gasteiger partial charge is 0.366 e. The van der Waals surface area contributed by atoms with Crippen LogP contribution in [0.25, 0.3) is 0 Å². The smallest absolute Gasteiger partial charge is 0.191 e. The molecule has 0 amide bonds. The van der Waals surface area contributed by atoms with E-state index in [4.69, 9.17) is 0 Å². The van der Waals surface area contributed by atoms with Gasteiger partial charge in [-0.25, -0.2) is 0 Å². The van der Waals surface area contributed by atoms with Crippen LogP contribution >= 0.6 is 35.7 Å². The highest BCUT2D eigenvalue weighted by Crippen LogP contribution is 2.29. The van der Waals surface area contributed by atoms with Gasteiger partial charge in [-0.2, -0.15) is 11.8 Å². The van der Waals surface area contributed by atoms with Crippen LogP contribution in [-0.2, 0) is 6.42 Å². The van der Waals surface area contributed by atoms with Crippen molar-refractivity contribution >= 4 is 47.4 Å². The van der Waals surface area contributed by atoms with Gasteiger partial charge in [0.1, 0.15) is 0 Å². The number of benzene rings is 1. The molecule has 2 N–H and O–H groups in total. The molecule has 0 radical (unpaired) electrons. The quantitative estimate of drug-likeness (QED) is 0.403. The molecule has 0 bridgehead atoms. The number of hydrogen-bond acceptors (Lipinski definition) is 3. The zero-order chi connectivity index (χ0) is 16.1. The Hall–Kier alpha value is -0.630. The summed E-state index contributed by atoms with van der Waals surface area (Å²) < 4.78 is 0. The third kappa shape index (κ3) is 4.94. The third-order valence-electron chi connectivity index (χ3n) is 4.76. The minimum Gasteiger partial charge on any atom is -0.366 e. The summed E-state index contributed by atoms with van der Waals surface area (Å²) in [5, 5.41) is 7.71. The predicted octanol–water partition coefficient (Wildman–Crippen LogP) is 3.12. The lowest BCUT2D eigenvalue weighted by Crippen LogP contribution is -2.46. The van der Waals surface area contributed by atoms with E-state index >= 15 is 0 Å². The van der Waals surface area contributed by atoms with Crippen molar-refractivity contribution in [2.45, 2.75) is 37.5 Å². The summed E-state index contributed by atoms with van der Waals surface area (Å²) in [7, 11) is 1.85. The zero-order valence-corrected chi connectivity index (χ0v) is 17.8. The van der Waals surface area contributed by atoms with Gasteiger partial charge in [0.25, 0.3) is 0 Å². The molecule has 6 heteroatoms. The zero-order valence-electron chi connectivity index (χ0n) is 14.6. The van der Waals surface area contributed by atoms with Gasteiger partial charge in [-0.15, -0.1) is 24.0 Å². The maximum absolute atomic E-state index is 4.36. The summed E-state index contributed by atoms with van der Waals surface area (Å²) in [6, 6.07) is 9.21. The summed E-state index contributed by atoms with van der Waals surface area (Å²) >= 11 is 2.08. The minimum atomic E-state index is 0. The Morgan fingerprint density at radius 3 is 2.96 bits per heavy atom. The number of fused-ring (bicyclic) bond motifs is 1. The molecule has 2 unspecified atom stereocenters. The second-order valence-corrected chi connectivity index (χ2v) is 7.80. The number of hydrogen-bond donors (Lipinski definition) is 2. The molecule has 2 atom stereocenters. The average molecular weight is 460 g/mol. The molecule has 1 fully saturated rings. The molecular weight excluding hydrogens is 431 g/mol. The average Bonchev–Trinajstić information content (AvgIpc) is 3.24. The van der Waals surface area contributed by atoms with Gasteiger partial charge in [0.15, 0.2) is 5.96 Å². The number of para-hydroxylation sites is 1. The van der Waals surface area contributed by atoms with Gasteiger partial charge in [-0.1, -0.05) is 18.2 Å². The fourth-order valence-corrected chi connectivity index (χ4v) is 4.61. The first-order valence-electron chi connectivity index (χ1n) is 8.68. The van der Waals surface area contributed by atoms with E-state index in [0.29, 0.717) is 6.04 Å². The van der Waals surface area contributed by atoms with Crippen LogP contribution in [0.2, 0.25) is 0 Å². The minimum absolute atomic E-state index is 0. The molecule has 134 valence electrons. The molecule has 1 saturated heterocycles. The van der Waals surface area contributed by atoms with Crippen LogP contribution in [0.5, 0.6) is 0 Å². The van der Waals surface area contributed by atoms with Crippen LogP contribution in [0.4, 0.5) is 5.69 Å². The van der Waals surface area contributed by atoms with Crippen molar-refractivity contribution < 1.29 is 0 Å². The molecule has 2 aliphatic heterocycles. The van der Waals surface area contributed by atoms with E-state index in [9.17, 15) is 0 Å². The molecule has 0 spiro atoms. The Labute approximate surface area is 167 Å². The molecule has 3 rings (SSSR count). The first-order chi connectivity index (χ1) is 11.3. The number of guanidine groups is 1. The van der Waals surface area contributed by atoms with Crippen molar-refractivity contribution in [3.05, 3.63) is 29.8 Å². The lowest BCUT2D eigenvalue weighted by molar-refractivity contribution is 0.623. The first-order valence-corrected chi connectivity index (χ1v) is 9.73. The van der Waals surface area contributed by atoms with E-state index < -0.39 is 0 Å². The fourth-order valence-electron chi connectivity index (χ4n) is 3.41. The molecule has 24 heavy (non-hydrogen) atoms. The molecule has 2 heterocycles. The van der Waals surface area contributed by atoms with E-state index in [1.54, 1.807) is 0 Å². The molecule has 0 aliphatic carbocycles. The summed E-state index contributed by atoms with van der Waals surface area (Å²) in [4.78, 5) is 6.86. The number of nitrogens with one attached hydrogen (secondary N) is 2. The maximum Gasteiger partial charge on any atom is 0.191 e. The monoisotopic (exact) mass is 460 g/mol. The Balaban J connectivity index is 0.00000208. The Morgan fingerprint density at radius 1 is 1.38 bits per heavy atom. The first kappa shape index (κ1) is 19.7. The Kier molecular flexibility index (Phi) is 8.00. The fraction of sp³-hybridized carbons (Fsp3) is 0.611. The van der Waals surface area contributed by atoms with Crippen LogP contribution in [-0.4, -0.2) is 49.7 Å². The van der Waals surface area contributed by atoms with Gasteiger partial charge in [0.05, 0.1) is 0 Å². The van der Waals surface area contributed by atoms with Gasteiger partial charge >= 0.3 is 0 Å². The van der Waals surface area contributed by atoms with E-state index in [-0.39, 0.29) is 24.0 Å². The van der Waals surface area contributed by atoms with Crippen LogP contribution in [0, 0.1) is 0 Å². The number of anilines is 1. The standard InChI is InChI=1S/C18H28N4S.HI/c1-14(22-10-9-15-6-3-4-8-17(15)22)12-20-18(19-2)21-13-16-7-5-11-23-16;/h3-4,6,8,14,16H,5,7,9-13H2,1-2H3,(H2,19,20,21);1H. The van der Waals surface area contributed by atoms with E-state index in [1.807, 2.05) is 7.05 Å². The lowest BCUT2D eigenvalue weighted by atomic mass is 10.2. The molecule has 1 aromatic rings. The SMILES string of the molecule is CN=C(NCC1CCCS1)NCC(C)N1CCc2ccccc21.I. The number of aliphatic imine (C=N–C) groups is 1. The van der Waals surface area contributed by atoms with E-state index in [1.165, 1.54) is 29.8 Å². The predicted molar refractivity (Wildman–Crippen MR) is 117 cm³/mol. The van der Waals surface area contributed by atoms with Gasteiger partial charge in [0, 0.05) is 43.7 Å². The molecular formula is C18H29IN4S. The summed E-state index contributed by atoms with van der Waals surface area (Å²) in [5.74, 6) is 2.24. The summed E-state index contributed by atoms with van der Waals surface area (Å²) in [6.07, 6.45) is 3.84. The van der Waals surface area contributed by atoms with Crippen molar-refractivity contribution in [3.8, 4) is 0 Å². The normalized spacial score (nSPS) is 21.2. The second kappa shape index (κ2) is 9.75. The van der Waals surface area contributed by atoms with Gasteiger partial charge in [-0.05, 0) is 43.6 Å². The van der Waals surface area contributed by atoms with E-state index in [2.05, 4.69) is 63.5 Å². The number of nitrogens with zero attached hydrogens (tertiary/aromatic N) is 2. The maximum atomic E-state index is 4.36. The van der Waals surface area contributed by atoms with Crippen molar-refractivity contribution in [2.75, 3.05) is 37.3 Å². The molecule has 0 aromatic heterocycles.